The van der Waals surface area contributed by atoms with Gasteiger partial charge >= 0.3 is 17.9 Å². The normalized spacial score (nSPS) is 13.0. The average molecular weight is 274 g/mol. The largest absolute Gasteiger partial charge is 0.466 e. The quantitative estimate of drug-likeness (QED) is 0.386. The van der Waals surface area contributed by atoms with Crippen molar-refractivity contribution in [1.82, 2.24) is 0 Å². The summed E-state index contributed by atoms with van der Waals surface area (Å²) in [6.07, 6.45) is -0.555. The lowest BCUT2D eigenvalue weighted by molar-refractivity contribution is -0.176. The number of carbonyl (C=O) groups excluding carboxylic acids is 3. The van der Waals surface area contributed by atoms with Crippen molar-refractivity contribution in [1.29, 1.82) is 0 Å². The Hall–Kier alpha value is -1.89. The van der Waals surface area contributed by atoms with Crippen LogP contribution in [-0.4, -0.2) is 41.8 Å². The van der Waals surface area contributed by atoms with E-state index in [-0.39, 0.29) is 13.2 Å². The van der Waals surface area contributed by atoms with Crippen molar-refractivity contribution in [2.45, 2.75) is 32.3 Å². The van der Waals surface area contributed by atoms with E-state index in [4.69, 9.17) is 0 Å². The van der Waals surface area contributed by atoms with Crippen molar-refractivity contribution in [2.75, 3.05) is 13.2 Å². The molecule has 0 bridgehead atoms. The summed E-state index contributed by atoms with van der Waals surface area (Å²) in [5.74, 6) is -2.80. The Morgan fingerprint density at radius 3 is 2.11 bits per heavy atom. The van der Waals surface area contributed by atoms with Crippen LogP contribution in [0.3, 0.4) is 0 Å². The van der Waals surface area contributed by atoms with E-state index >= 15 is 0 Å². The smallest absolute Gasteiger partial charge is 0.339 e. The highest BCUT2D eigenvalue weighted by atomic mass is 16.6. The number of rotatable bonds is 8. The number of hydrogen-bond donors (Lipinski definition) is 1. The van der Waals surface area contributed by atoms with Crippen LogP contribution in [0.25, 0.3) is 0 Å². The fourth-order valence-electron chi connectivity index (χ4n) is 1.30. The Kier molecular flexibility index (Phi) is 7.43. The van der Waals surface area contributed by atoms with Gasteiger partial charge in [0.15, 0.2) is 5.60 Å². The first-order chi connectivity index (χ1) is 8.89. The Morgan fingerprint density at radius 1 is 1.11 bits per heavy atom. The molecule has 1 unspecified atom stereocenters. The van der Waals surface area contributed by atoms with Gasteiger partial charge in [0.2, 0.25) is 0 Å². The summed E-state index contributed by atoms with van der Waals surface area (Å²) in [7, 11) is 0. The molecule has 1 N–H and O–H groups in total. The molecular formula is C12H18O7. The fourth-order valence-corrected chi connectivity index (χ4v) is 1.30. The van der Waals surface area contributed by atoms with Crippen molar-refractivity contribution < 1.29 is 33.7 Å². The van der Waals surface area contributed by atoms with E-state index in [1.807, 2.05) is 0 Å². The summed E-state index contributed by atoms with van der Waals surface area (Å²) in [5.41, 5.74) is -2.30. The molecule has 108 valence electrons. The van der Waals surface area contributed by atoms with Crippen LogP contribution in [0, 0.1) is 0 Å². The molecule has 0 fully saturated rings. The molecule has 19 heavy (non-hydrogen) atoms. The Morgan fingerprint density at radius 2 is 1.63 bits per heavy atom. The maximum Gasteiger partial charge on any atom is 0.339 e. The van der Waals surface area contributed by atoms with E-state index in [1.54, 1.807) is 6.92 Å². The van der Waals surface area contributed by atoms with Crippen molar-refractivity contribution in [2.24, 2.45) is 0 Å². The molecule has 0 aromatic carbocycles. The van der Waals surface area contributed by atoms with Crippen molar-refractivity contribution in [3.63, 3.8) is 0 Å². The molecule has 0 radical (unpaired) electrons. The van der Waals surface area contributed by atoms with Crippen LogP contribution in [0.4, 0.5) is 0 Å². The van der Waals surface area contributed by atoms with Gasteiger partial charge < -0.3 is 19.3 Å². The minimum atomic E-state index is -2.30. The predicted molar refractivity (Wildman–Crippen MR) is 63.7 cm³/mol. The number of hydrogen-bond acceptors (Lipinski definition) is 7. The molecule has 0 heterocycles. The maximum atomic E-state index is 11.6. The summed E-state index contributed by atoms with van der Waals surface area (Å²) >= 11 is 0. The number of esters is 3. The first-order valence-electron chi connectivity index (χ1n) is 5.75. The third-order valence-corrected chi connectivity index (χ3v) is 2.05. The average Bonchev–Trinajstić information content (AvgIpc) is 2.29. The van der Waals surface area contributed by atoms with Gasteiger partial charge in [0.05, 0.1) is 32.3 Å². The van der Waals surface area contributed by atoms with Crippen molar-refractivity contribution in [3.8, 4) is 0 Å². The first-order valence-corrected chi connectivity index (χ1v) is 5.75. The van der Waals surface area contributed by atoms with Crippen molar-refractivity contribution in [3.05, 3.63) is 12.8 Å². The fraction of sp³-hybridized carbons (Fsp3) is 0.583. The van der Waals surface area contributed by atoms with E-state index in [9.17, 15) is 19.5 Å². The highest BCUT2D eigenvalue weighted by Gasteiger charge is 2.43. The minimum Gasteiger partial charge on any atom is -0.466 e. The monoisotopic (exact) mass is 274 g/mol. The molecule has 0 rings (SSSR count). The van der Waals surface area contributed by atoms with Gasteiger partial charge in [0.25, 0.3) is 0 Å². The minimum absolute atomic E-state index is 0.000471. The lowest BCUT2D eigenvalue weighted by atomic mass is 9.95. The van der Waals surface area contributed by atoms with Crippen LogP contribution >= 0.6 is 0 Å². The molecule has 0 aliphatic rings. The predicted octanol–water partition coefficient (Wildman–Crippen LogP) is 0.311. The maximum absolute atomic E-state index is 11.6. The molecule has 7 heteroatoms. The molecule has 0 spiro atoms. The van der Waals surface area contributed by atoms with Crippen LogP contribution in [0.2, 0.25) is 0 Å². The van der Waals surface area contributed by atoms with E-state index < -0.39 is 36.4 Å². The first kappa shape index (κ1) is 17.1. The zero-order valence-corrected chi connectivity index (χ0v) is 11.0. The zero-order chi connectivity index (χ0) is 14.9. The van der Waals surface area contributed by atoms with Crippen LogP contribution in [0.5, 0.6) is 0 Å². The van der Waals surface area contributed by atoms with Crippen LogP contribution in [0.1, 0.15) is 26.7 Å². The van der Waals surface area contributed by atoms with Gasteiger partial charge in [-0.3, -0.25) is 9.59 Å². The molecule has 7 nitrogen and oxygen atoms in total. The standard InChI is InChI=1S/C12H18O7/c1-4-17-9(13)7-12(16,11(15)19-6-3)8-10(14)18-5-2/h4,16H,1,5-8H2,2-3H3. The van der Waals surface area contributed by atoms with E-state index in [1.165, 1.54) is 6.92 Å². The molecule has 0 aromatic heterocycles. The van der Waals surface area contributed by atoms with Gasteiger partial charge in [-0.15, -0.1) is 0 Å². The number of ether oxygens (including phenoxy) is 3. The Bertz CT molecular complexity index is 350. The third-order valence-electron chi connectivity index (χ3n) is 2.05. The van der Waals surface area contributed by atoms with Crippen LogP contribution in [0.15, 0.2) is 12.8 Å². The second-order valence-corrected chi connectivity index (χ2v) is 3.57. The van der Waals surface area contributed by atoms with E-state index in [2.05, 4.69) is 20.8 Å². The summed E-state index contributed by atoms with van der Waals surface area (Å²) in [5, 5.41) is 10.1. The summed E-state index contributed by atoms with van der Waals surface area (Å²) in [4.78, 5) is 34.3. The molecule has 1 atom stereocenters. The number of aliphatic hydroxyl groups is 1. The molecule has 0 aromatic rings. The Balaban J connectivity index is 4.89. The van der Waals surface area contributed by atoms with Crippen LogP contribution < -0.4 is 0 Å². The third kappa shape index (κ3) is 6.01. The van der Waals surface area contributed by atoms with Crippen LogP contribution in [-0.2, 0) is 28.6 Å². The van der Waals surface area contributed by atoms with Gasteiger partial charge in [-0.1, -0.05) is 6.58 Å². The molecule has 0 aliphatic heterocycles. The van der Waals surface area contributed by atoms with Gasteiger partial charge in [0.1, 0.15) is 0 Å². The van der Waals surface area contributed by atoms with Gasteiger partial charge in [-0.05, 0) is 13.8 Å². The molecule has 0 saturated heterocycles. The lowest BCUT2D eigenvalue weighted by Crippen LogP contribution is -2.44. The zero-order valence-electron chi connectivity index (χ0n) is 11.0. The van der Waals surface area contributed by atoms with Gasteiger partial charge in [0, 0.05) is 0 Å². The second-order valence-electron chi connectivity index (χ2n) is 3.57. The molecule has 0 aliphatic carbocycles. The van der Waals surface area contributed by atoms with Crippen molar-refractivity contribution >= 4 is 17.9 Å². The second kappa shape index (κ2) is 8.25. The summed E-state index contributed by atoms with van der Waals surface area (Å²) in [6.45, 7) is 6.37. The number of carbonyl (C=O) groups is 3. The highest BCUT2D eigenvalue weighted by molar-refractivity contribution is 5.90. The summed E-state index contributed by atoms with van der Waals surface area (Å²) < 4.78 is 13.7. The Labute approximate surface area is 111 Å². The lowest BCUT2D eigenvalue weighted by Gasteiger charge is -2.23. The van der Waals surface area contributed by atoms with E-state index in [0.29, 0.717) is 0 Å². The summed E-state index contributed by atoms with van der Waals surface area (Å²) in [6, 6.07) is 0. The van der Waals surface area contributed by atoms with E-state index in [0.717, 1.165) is 6.26 Å². The highest BCUT2D eigenvalue weighted by Crippen LogP contribution is 2.19. The van der Waals surface area contributed by atoms with Gasteiger partial charge in [-0.25, -0.2) is 4.79 Å². The molecular weight excluding hydrogens is 256 g/mol. The molecule has 0 amide bonds. The van der Waals surface area contributed by atoms with Gasteiger partial charge in [-0.2, -0.15) is 0 Å². The topological polar surface area (TPSA) is 99.1 Å². The SMILES string of the molecule is C=COC(=O)CC(O)(CC(=O)OCC)C(=O)OCC. The molecule has 0 saturated carbocycles.